The highest BCUT2D eigenvalue weighted by Gasteiger charge is 2.18. The van der Waals surface area contributed by atoms with Crippen molar-refractivity contribution in [3.63, 3.8) is 0 Å². The number of rotatable bonds is 6. The highest BCUT2D eigenvalue weighted by molar-refractivity contribution is 6.01. The number of aromatic carboxylic acids is 1. The van der Waals surface area contributed by atoms with Gasteiger partial charge in [-0.1, -0.05) is 48.5 Å². The van der Waals surface area contributed by atoms with Gasteiger partial charge in [0.1, 0.15) is 0 Å². The van der Waals surface area contributed by atoms with Gasteiger partial charge in [0.05, 0.1) is 41.4 Å². The van der Waals surface area contributed by atoms with E-state index in [4.69, 9.17) is 4.74 Å². The van der Waals surface area contributed by atoms with Crippen molar-refractivity contribution in [1.29, 1.82) is 5.26 Å². The number of nitriles is 1. The van der Waals surface area contributed by atoms with Gasteiger partial charge in [-0.2, -0.15) is 10.2 Å². The Kier molecular flexibility index (Phi) is 5.19. The average molecular weight is 397 g/mol. The summed E-state index contributed by atoms with van der Waals surface area (Å²) < 4.78 is 7.47. The quantitative estimate of drug-likeness (QED) is 0.509. The number of carbonyl (C=O) groups is 1. The van der Waals surface area contributed by atoms with Crippen molar-refractivity contribution < 1.29 is 14.6 Å². The van der Waals surface area contributed by atoms with E-state index in [9.17, 15) is 15.2 Å². The van der Waals surface area contributed by atoms with Crippen LogP contribution in [0.25, 0.3) is 22.2 Å². The first-order valence-corrected chi connectivity index (χ1v) is 9.56. The fourth-order valence-corrected chi connectivity index (χ4v) is 3.53. The molecule has 6 nitrogen and oxygen atoms in total. The van der Waals surface area contributed by atoms with Gasteiger partial charge in [0.2, 0.25) is 0 Å². The minimum Gasteiger partial charge on any atom is -0.478 e. The molecule has 0 atom stereocenters. The summed E-state index contributed by atoms with van der Waals surface area (Å²) in [7, 11) is 0. The Bertz CT molecular complexity index is 1270. The van der Waals surface area contributed by atoms with E-state index in [2.05, 4.69) is 11.1 Å². The molecule has 0 saturated heterocycles. The van der Waals surface area contributed by atoms with E-state index in [1.54, 1.807) is 28.8 Å². The summed E-state index contributed by atoms with van der Waals surface area (Å²) in [6, 6.07) is 23.0. The van der Waals surface area contributed by atoms with Crippen LogP contribution in [0.3, 0.4) is 0 Å². The summed E-state index contributed by atoms with van der Waals surface area (Å²) >= 11 is 0. The third-order valence-corrected chi connectivity index (χ3v) is 4.89. The molecule has 1 aromatic heterocycles. The number of fused-ring (bicyclic) bond motifs is 1. The van der Waals surface area contributed by atoms with Gasteiger partial charge in [-0.05, 0) is 41.8 Å². The van der Waals surface area contributed by atoms with Gasteiger partial charge in [0.15, 0.2) is 0 Å². The number of aromatic nitrogens is 2. The summed E-state index contributed by atoms with van der Waals surface area (Å²) in [5.41, 5.74) is 4.71. The molecule has 0 bridgehead atoms. The molecule has 0 saturated carbocycles. The van der Waals surface area contributed by atoms with Crippen molar-refractivity contribution in [1.82, 2.24) is 9.55 Å². The first kappa shape index (κ1) is 19.2. The molecule has 1 N–H and O–H groups in total. The van der Waals surface area contributed by atoms with Gasteiger partial charge in [-0.3, -0.25) is 4.57 Å². The van der Waals surface area contributed by atoms with Crippen LogP contribution in [0, 0.1) is 11.3 Å². The van der Waals surface area contributed by atoms with Crippen molar-refractivity contribution in [2.24, 2.45) is 0 Å². The predicted molar refractivity (Wildman–Crippen MR) is 114 cm³/mol. The molecule has 0 unspecified atom stereocenters. The van der Waals surface area contributed by atoms with Crippen molar-refractivity contribution in [2.45, 2.75) is 13.5 Å². The van der Waals surface area contributed by atoms with Crippen molar-refractivity contribution in [3.8, 4) is 23.2 Å². The van der Waals surface area contributed by atoms with E-state index >= 15 is 0 Å². The molecule has 4 aromatic rings. The van der Waals surface area contributed by atoms with Gasteiger partial charge >= 0.3 is 5.97 Å². The average Bonchev–Trinajstić information content (AvgIpc) is 3.11. The van der Waals surface area contributed by atoms with Crippen molar-refractivity contribution in [2.75, 3.05) is 6.61 Å². The number of imidazole rings is 1. The summed E-state index contributed by atoms with van der Waals surface area (Å²) in [5, 5.41) is 19.0. The lowest BCUT2D eigenvalue weighted by Crippen LogP contribution is -2.08. The van der Waals surface area contributed by atoms with Gasteiger partial charge in [0.25, 0.3) is 6.01 Å². The van der Waals surface area contributed by atoms with E-state index in [1.807, 2.05) is 49.4 Å². The van der Waals surface area contributed by atoms with Crippen molar-refractivity contribution >= 4 is 17.0 Å². The molecule has 30 heavy (non-hydrogen) atoms. The molecule has 1 heterocycles. The lowest BCUT2D eigenvalue weighted by molar-refractivity contribution is 0.0698. The highest BCUT2D eigenvalue weighted by Crippen LogP contribution is 2.28. The Hall–Kier alpha value is -4.11. The molecule has 0 amide bonds. The second-order valence-corrected chi connectivity index (χ2v) is 6.75. The molecule has 0 aliphatic heterocycles. The number of hydrogen-bond acceptors (Lipinski definition) is 4. The van der Waals surface area contributed by atoms with Gasteiger partial charge in [-0.25, -0.2) is 4.79 Å². The monoisotopic (exact) mass is 397 g/mol. The minimum absolute atomic E-state index is 0.186. The molecular weight excluding hydrogens is 378 g/mol. The van der Waals surface area contributed by atoms with Crippen LogP contribution in [0.4, 0.5) is 0 Å². The van der Waals surface area contributed by atoms with E-state index in [0.29, 0.717) is 35.8 Å². The molecule has 3 aromatic carbocycles. The molecule has 0 radical (unpaired) electrons. The molecule has 4 rings (SSSR count). The summed E-state index contributed by atoms with van der Waals surface area (Å²) in [5.74, 6) is -1.01. The summed E-state index contributed by atoms with van der Waals surface area (Å²) in [6.07, 6.45) is 0. The van der Waals surface area contributed by atoms with E-state index < -0.39 is 5.97 Å². The Balaban J connectivity index is 1.75. The summed E-state index contributed by atoms with van der Waals surface area (Å²) in [6.45, 7) is 2.70. The predicted octanol–water partition coefficient (Wildman–Crippen LogP) is 4.72. The lowest BCUT2D eigenvalue weighted by Gasteiger charge is -2.11. The zero-order valence-electron chi connectivity index (χ0n) is 16.4. The largest absolute Gasteiger partial charge is 0.478 e. The van der Waals surface area contributed by atoms with Crippen LogP contribution in [0.2, 0.25) is 0 Å². The maximum Gasteiger partial charge on any atom is 0.337 e. The fraction of sp³-hybridized carbons (Fsp3) is 0.125. The molecule has 0 aliphatic rings. The first-order valence-electron chi connectivity index (χ1n) is 9.56. The second kappa shape index (κ2) is 8.10. The van der Waals surface area contributed by atoms with Crippen LogP contribution < -0.4 is 4.74 Å². The molecular formula is C24H19N3O3. The smallest absolute Gasteiger partial charge is 0.337 e. The maximum absolute atomic E-state index is 11.7. The Labute approximate surface area is 173 Å². The summed E-state index contributed by atoms with van der Waals surface area (Å²) in [4.78, 5) is 16.2. The van der Waals surface area contributed by atoms with Gasteiger partial charge in [-0.15, -0.1) is 0 Å². The number of carboxylic acid groups (broad SMARTS) is 1. The Morgan fingerprint density at radius 3 is 2.57 bits per heavy atom. The van der Waals surface area contributed by atoms with Crippen LogP contribution in [-0.2, 0) is 6.54 Å². The maximum atomic E-state index is 11.7. The Morgan fingerprint density at radius 2 is 1.87 bits per heavy atom. The number of para-hydroxylation sites is 1. The van der Waals surface area contributed by atoms with Gasteiger partial charge in [0, 0.05) is 0 Å². The molecule has 148 valence electrons. The Morgan fingerprint density at radius 1 is 1.10 bits per heavy atom. The number of ether oxygens (including phenoxy) is 1. The number of nitrogens with zero attached hydrogens (tertiary/aromatic N) is 3. The lowest BCUT2D eigenvalue weighted by atomic mass is 9.99. The SMILES string of the molecule is CCOc1nc2cccc(C(=O)O)c2n1Cc1ccc(-c2ccccc2C#N)cc1. The number of carboxylic acids is 1. The topological polar surface area (TPSA) is 88.1 Å². The number of benzene rings is 3. The molecule has 0 spiro atoms. The number of hydrogen-bond donors (Lipinski definition) is 1. The molecule has 6 heteroatoms. The van der Waals surface area contributed by atoms with E-state index in [-0.39, 0.29) is 5.56 Å². The third kappa shape index (κ3) is 3.49. The first-order chi connectivity index (χ1) is 14.6. The third-order valence-electron chi connectivity index (χ3n) is 4.89. The van der Waals surface area contributed by atoms with Crippen molar-refractivity contribution in [3.05, 3.63) is 83.4 Å². The van der Waals surface area contributed by atoms with E-state index in [1.165, 1.54) is 0 Å². The molecule has 0 fully saturated rings. The van der Waals surface area contributed by atoms with Crippen LogP contribution in [0.5, 0.6) is 6.01 Å². The minimum atomic E-state index is -1.01. The second-order valence-electron chi connectivity index (χ2n) is 6.75. The van der Waals surface area contributed by atoms with Gasteiger partial charge < -0.3 is 9.84 Å². The van der Waals surface area contributed by atoms with Crippen LogP contribution in [-0.4, -0.2) is 27.2 Å². The fourth-order valence-electron chi connectivity index (χ4n) is 3.53. The zero-order valence-corrected chi connectivity index (χ0v) is 16.4. The highest BCUT2D eigenvalue weighted by atomic mass is 16.5. The van der Waals surface area contributed by atoms with E-state index in [0.717, 1.165) is 16.7 Å². The van der Waals surface area contributed by atoms with Crippen LogP contribution in [0.15, 0.2) is 66.7 Å². The van der Waals surface area contributed by atoms with Crippen LogP contribution >= 0.6 is 0 Å². The zero-order chi connectivity index (χ0) is 21.1. The normalized spacial score (nSPS) is 10.7. The molecule has 0 aliphatic carbocycles. The van der Waals surface area contributed by atoms with Crippen LogP contribution in [0.1, 0.15) is 28.4 Å². The standard InChI is InChI=1S/C24H19N3O3/c1-2-30-24-26-21-9-5-8-20(23(28)29)22(21)27(24)15-16-10-12-17(13-11-16)19-7-4-3-6-18(19)14-25/h3-13H,2,15H2,1H3,(H,28,29).